The van der Waals surface area contributed by atoms with Crippen molar-refractivity contribution in [1.29, 1.82) is 0 Å². The van der Waals surface area contributed by atoms with Gasteiger partial charge in [-0.1, -0.05) is 25.1 Å². The molecule has 0 saturated carbocycles. The van der Waals surface area contributed by atoms with Crippen molar-refractivity contribution in [3.63, 3.8) is 0 Å². The fourth-order valence-electron chi connectivity index (χ4n) is 3.78. The van der Waals surface area contributed by atoms with Crippen molar-refractivity contribution in [1.82, 2.24) is 14.8 Å². The van der Waals surface area contributed by atoms with E-state index < -0.39 is 6.10 Å². The Morgan fingerprint density at radius 2 is 2.25 bits per heavy atom. The van der Waals surface area contributed by atoms with Crippen LogP contribution in [-0.2, 0) is 27.4 Å². The molecular formula is C22H33N3O3. The summed E-state index contributed by atoms with van der Waals surface area (Å²) in [6, 6.07) is 8.59. The second-order valence-electron chi connectivity index (χ2n) is 7.50. The Morgan fingerprint density at radius 3 is 2.96 bits per heavy atom. The monoisotopic (exact) mass is 387 g/mol. The van der Waals surface area contributed by atoms with Crippen LogP contribution in [0.25, 0.3) is 10.9 Å². The maximum atomic E-state index is 13.2. The van der Waals surface area contributed by atoms with Gasteiger partial charge in [0.2, 0.25) is 0 Å². The number of carbonyl (C=O) groups excluding carboxylic acids is 1. The van der Waals surface area contributed by atoms with Gasteiger partial charge in [-0.25, -0.2) is 0 Å². The number of amides is 1. The Balaban J connectivity index is 1.85. The van der Waals surface area contributed by atoms with Gasteiger partial charge in [0.05, 0.1) is 6.61 Å². The van der Waals surface area contributed by atoms with Gasteiger partial charge in [0.25, 0.3) is 5.91 Å². The lowest BCUT2D eigenvalue weighted by Gasteiger charge is -2.33. The summed E-state index contributed by atoms with van der Waals surface area (Å²) in [5, 5.41) is 4.48. The number of hydrogen-bond donors (Lipinski definition) is 1. The molecule has 0 radical (unpaired) electrons. The van der Waals surface area contributed by atoms with Crippen LogP contribution in [0.15, 0.2) is 30.5 Å². The summed E-state index contributed by atoms with van der Waals surface area (Å²) < 4.78 is 13.2. The summed E-state index contributed by atoms with van der Waals surface area (Å²) in [5.41, 5.74) is 2.39. The standard InChI is InChI=1S/C22H33N3O3/c1-4-17(2)25(22(26)21-14-23-10-13-28-21)16-18-15-24(11-7-12-27-3)20-9-6-5-8-19(18)20/h5-6,8-9,15,17,21,23H,4,7,10-14,16H2,1-3H3/t17?,21-/m1/s1. The van der Waals surface area contributed by atoms with Gasteiger partial charge in [-0.3, -0.25) is 4.79 Å². The largest absolute Gasteiger partial charge is 0.385 e. The normalized spacial score (nSPS) is 18.3. The molecule has 154 valence electrons. The summed E-state index contributed by atoms with van der Waals surface area (Å²) in [7, 11) is 1.73. The Labute approximate surface area is 167 Å². The van der Waals surface area contributed by atoms with E-state index in [1.165, 1.54) is 16.5 Å². The van der Waals surface area contributed by atoms with Gasteiger partial charge in [-0.2, -0.15) is 0 Å². The quantitative estimate of drug-likeness (QED) is 0.672. The number of carbonyl (C=O) groups is 1. The highest BCUT2D eigenvalue weighted by atomic mass is 16.5. The number of hydrogen-bond acceptors (Lipinski definition) is 4. The molecule has 2 aromatic rings. The Morgan fingerprint density at radius 1 is 1.43 bits per heavy atom. The first kappa shape index (κ1) is 20.8. The molecule has 0 aliphatic carbocycles. The smallest absolute Gasteiger partial charge is 0.253 e. The van der Waals surface area contributed by atoms with Crippen LogP contribution in [0.4, 0.5) is 0 Å². The third-order valence-corrected chi connectivity index (χ3v) is 5.57. The molecule has 1 N–H and O–H groups in total. The number of para-hydroxylation sites is 1. The number of nitrogens with zero attached hydrogens (tertiary/aromatic N) is 2. The first-order valence-corrected chi connectivity index (χ1v) is 10.3. The maximum absolute atomic E-state index is 13.2. The van der Waals surface area contributed by atoms with Crippen LogP contribution < -0.4 is 5.32 Å². The van der Waals surface area contributed by atoms with Gasteiger partial charge in [-0.15, -0.1) is 0 Å². The highest BCUT2D eigenvalue weighted by Crippen LogP contribution is 2.25. The van der Waals surface area contributed by atoms with Gasteiger partial charge in [0.15, 0.2) is 0 Å². The summed E-state index contributed by atoms with van der Waals surface area (Å²) in [5.74, 6) is 0.0813. The van der Waals surface area contributed by atoms with E-state index in [2.05, 4.69) is 54.2 Å². The van der Waals surface area contributed by atoms with Crippen LogP contribution in [-0.4, -0.2) is 60.9 Å². The van der Waals surface area contributed by atoms with Crippen LogP contribution in [0.2, 0.25) is 0 Å². The third kappa shape index (κ3) is 4.74. The van der Waals surface area contributed by atoms with Crippen LogP contribution >= 0.6 is 0 Å². The highest BCUT2D eigenvalue weighted by molar-refractivity contribution is 5.86. The van der Waals surface area contributed by atoms with E-state index in [1.54, 1.807) is 7.11 Å². The summed E-state index contributed by atoms with van der Waals surface area (Å²) in [6.07, 6.45) is 3.68. The van der Waals surface area contributed by atoms with Crippen LogP contribution in [0.5, 0.6) is 0 Å². The lowest BCUT2D eigenvalue weighted by molar-refractivity contribution is -0.148. The minimum Gasteiger partial charge on any atom is -0.385 e. The minimum atomic E-state index is -0.391. The molecular weight excluding hydrogens is 354 g/mol. The molecule has 1 aromatic heterocycles. The number of methoxy groups -OCH3 is 1. The van der Waals surface area contributed by atoms with Gasteiger partial charge in [0, 0.05) is 63.0 Å². The van der Waals surface area contributed by atoms with Crippen LogP contribution in [0.1, 0.15) is 32.3 Å². The SMILES string of the molecule is CCC(C)N(Cc1cn(CCCOC)c2ccccc12)C(=O)[C@H]1CNCCO1. The van der Waals surface area contributed by atoms with Gasteiger partial charge in [0.1, 0.15) is 6.10 Å². The van der Waals surface area contributed by atoms with Crippen LogP contribution in [0.3, 0.4) is 0 Å². The van der Waals surface area contributed by atoms with Crippen molar-refractivity contribution in [2.24, 2.45) is 0 Å². The van der Waals surface area contributed by atoms with E-state index in [4.69, 9.17) is 9.47 Å². The van der Waals surface area contributed by atoms with E-state index >= 15 is 0 Å². The van der Waals surface area contributed by atoms with Gasteiger partial charge >= 0.3 is 0 Å². The zero-order valence-electron chi connectivity index (χ0n) is 17.3. The molecule has 1 aliphatic rings. The molecule has 1 saturated heterocycles. The molecule has 6 heteroatoms. The number of aromatic nitrogens is 1. The van der Waals surface area contributed by atoms with E-state index in [1.807, 2.05) is 4.90 Å². The van der Waals surface area contributed by atoms with E-state index in [-0.39, 0.29) is 11.9 Å². The van der Waals surface area contributed by atoms with E-state index in [0.717, 1.165) is 32.5 Å². The van der Waals surface area contributed by atoms with Gasteiger partial charge < -0.3 is 24.3 Å². The number of benzene rings is 1. The van der Waals surface area contributed by atoms with Crippen molar-refractivity contribution in [3.05, 3.63) is 36.0 Å². The number of morpholine rings is 1. The van der Waals surface area contributed by atoms with E-state index in [9.17, 15) is 4.79 Å². The van der Waals surface area contributed by atoms with Crippen molar-refractivity contribution >= 4 is 16.8 Å². The molecule has 1 unspecified atom stereocenters. The third-order valence-electron chi connectivity index (χ3n) is 5.57. The summed E-state index contributed by atoms with van der Waals surface area (Å²) in [4.78, 5) is 15.2. The minimum absolute atomic E-state index is 0.0813. The zero-order valence-corrected chi connectivity index (χ0v) is 17.3. The second-order valence-corrected chi connectivity index (χ2v) is 7.50. The molecule has 0 bridgehead atoms. The summed E-state index contributed by atoms with van der Waals surface area (Å²) in [6.45, 7) is 8.47. The first-order valence-electron chi connectivity index (χ1n) is 10.3. The number of nitrogens with one attached hydrogen (secondary N) is 1. The number of rotatable bonds is 9. The first-order chi connectivity index (χ1) is 13.7. The fraction of sp³-hybridized carbons (Fsp3) is 0.591. The lowest BCUT2D eigenvalue weighted by Crippen LogP contribution is -2.51. The molecule has 2 heterocycles. The van der Waals surface area contributed by atoms with Crippen molar-refractivity contribution in [2.45, 2.75) is 51.9 Å². The summed E-state index contributed by atoms with van der Waals surface area (Å²) >= 11 is 0. The zero-order chi connectivity index (χ0) is 19.9. The second kappa shape index (κ2) is 10.0. The number of ether oxygens (including phenoxy) is 2. The molecule has 1 aliphatic heterocycles. The molecule has 1 amide bonds. The topological polar surface area (TPSA) is 55.7 Å². The van der Waals surface area contributed by atoms with Crippen molar-refractivity contribution < 1.29 is 14.3 Å². The molecule has 3 rings (SSSR count). The average molecular weight is 388 g/mol. The predicted molar refractivity (Wildman–Crippen MR) is 111 cm³/mol. The van der Waals surface area contributed by atoms with Crippen molar-refractivity contribution in [3.8, 4) is 0 Å². The molecule has 0 spiro atoms. The maximum Gasteiger partial charge on any atom is 0.253 e. The average Bonchev–Trinajstić information content (AvgIpc) is 3.09. The molecule has 1 aromatic carbocycles. The Bertz CT molecular complexity index is 767. The highest BCUT2D eigenvalue weighted by Gasteiger charge is 2.30. The van der Waals surface area contributed by atoms with Gasteiger partial charge in [-0.05, 0) is 31.4 Å². The molecule has 2 atom stereocenters. The number of aryl methyl sites for hydroxylation is 1. The number of fused-ring (bicyclic) bond motifs is 1. The molecule has 6 nitrogen and oxygen atoms in total. The predicted octanol–water partition coefficient (Wildman–Crippen LogP) is 2.79. The fourth-order valence-corrected chi connectivity index (χ4v) is 3.78. The molecule has 28 heavy (non-hydrogen) atoms. The lowest BCUT2D eigenvalue weighted by atomic mass is 10.1. The van der Waals surface area contributed by atoms with E-state index in [0.29, 0.717) is 19.7 Å². The Kier molecular flexibility index (Phi) is 7.48. The molecule has 1 fully saturated rings. The Hall–Kier alpha value is -1.89. The van der Waals surface area contributed by atoms with Crippen LogP contribution in [0, 0.1) is 0 Å². The van der Waals surface area contributed by atoms with Crippen molar-refractivity contribution in [2.75, 3.05) is 33.4 Å².